The lowest BCUT2D eigenvalue weighted by molar-refractivity contribution is -0.142. The normalized spacial score (nSPS) is 17.5. The number of aromatic nitrogens is 3. The molecule has 5 nitrogen and oxygen atoms in total. The lowest BCUT2D eigenvalue weighted by Gasteiger charge is -2.17. The Labute approximate surface area is 159 Å². The molecule has 0 aliphatic carbocycles. The number of alkyl halides is 3. The van der Waals surface area contributed by atoms with Gasteiger partial charge in [0.15, 0.2) is 23.0 Å². The molecule has 1 amide bonds. The van der Waals surface area contributed by atoms with Crippen molar-refractivity contribution in [3.63, 3.8) is 0 Å². The van der Waals surface area contributed by atoms with Crippen LogP contribution in [0.4, 0.5) is 26.3 Å². The van der Waals surface area contributed by atoms with Crippen LogP contribution in [0.15, 0.2) is 30.5 Å². The summed E-state index contributed by atoms with van der Waals surface area (Å²) in [6.45, 7) is -0.185. The molecule has 0 spiro atoms. The van der Waals surface area contributed by atoms with E-state index < -0.39 is 41.1 Å². The molecular weight excluding hydrogens is 402 g/mol. The second-order valence-corrected chi connectivity index (χ2v) is 6.70. The summed E-state index contributed by atoms with van der Waals surface area (Å²) in [5, 5.41) is 3.52. The summed E-state index contributed by atoms with van der Waals surface area (Å²) >= 11 is 0. The van der Waals surface area contributed by atoms with E-state index in [-0.39, 0.29) is 36.4 Å². The molecule has 1 aliphatic rings. The number of imidazole rings is 1. The molecule has 0 radical (unpaired) electrons. The molecule has 1 saturated heterocycles. The minimum absolute atomic E-state index is 0.0508. The molecular formula is C18H12F6N4O. The number of nitrogens with zero attached hydrogens (tertiary/aromatic N) is 4. The van der Waals surface area contributed by atoms with E-state index in [0.29, 0.717) is 6.07 Å². The van der Waals surface area contributed by atoms with Crippen molar-refractivity contribution in [2.75, 3.05) is 6.54 Å². The Morgan fingerprint density at radius 3 is 2.62 bits per heavy atom. The molecule has 11 heteroatoms. The Bertz CT molecular complexity index is 1110. The highest BCUT2D eigenvalue weighted by molar-refractivity contribution is 5.79. The zero-order chi connectivity index (χ0) is 20.9. The second-order valence-electron chi connectivity index (χ2n) is 6.70. The van der Waals surface area contributed by atoms with E-state index in [0.717, 1.165) is 22.7 Å². The number of hydrogen-bond acceptors (Lipinski definition) is 3. The van der Waals surface area contributed by atoms with Gasteiger partial charge in [0, 0.05) is 24.9 Å². The number of hydrogen-bond donors (Lipinski definition) is 0. The predicted octanol–water partition coefficient (Wildman–Crippen LogP) is 3.68. The number of fused-ring (bicyclic) bond motifs is 1. The molecule has 3 aromatic rings. The summed E-state index contributed by atoms with van der Waals surface area (Å²) < 4.78 is 80.6. The van der Waals surface area contributed by atoms with E-state index in [1.54, 1.807) is 0 Å². The van der Waals surface area contributed by atoms with Gasteiger partial charge in [-0.2, -0.15) is 18.3 Å². The molecule has 29 heavy (non-hydrogen) atoms. The van der Waals surface area contributed by atoms with Crippen LogP contribution in [0.3, 0.4) is 0 Å². The molecule has 1 unspecified atom stereocenters. The standard InChI is InChI=1S/C18H12F6N4O/c19-10-4-12(17(21)13(20)5-10)9-3-16(29)27(7-9)8-11-6-25-15-2-1-14(18(22,23)24)26-28(11)15/h1-2,4-6,9H,3,7-8H2. The summed E-state index contributed by atoms with van der Waals surface area (Å²) in [5.74, 6) is -4.75. The highest BCUT2D eigenvalue weighted by Crippen LogP contribution is 2.32. The van der Waals surface area contributed by atoms with Crippen LogP contribution in [0.25, 0.3) is 5.65 Å². The third kappa shape index (κ3) is 3.52. The van der Waals surface area contributed by atoms with Crippen LogP contribution in [0.1, 0.15) is 29.3 Å². The van der Waals surface area contributed by atoms with Crippen LogP contribution in [-0.2, 0) is 17.5 Å². The minimum Gasteiger partial charge on any atom is -0.336 e. The van der Waals surface area contributed by atoms with Crippen molar-refractivity contribution in [2.24, 2.45) is 0 Å². The van der Waals surface area contributed by atoms with Crippen molar-refractivity contribution >= 4 is 11.6 Å². The Kier molecular flexibility index (Phi) is 4.47. The number of rotatable bonds is 3. The van der Waals surface area contributed by atoms with Crippen LogP contribution in [-0.4, -0.2) is 31.9 Å². The fourth-order valence-corrected chi connectivity index (χ4v) is 3.38. The molecule has 1 fully saturated rings. The van der Waals surface area contributed by atoms with Crippen LogP contribution >= 0.6 is 0 Å². The van der Waals surface area contributed by atoms with Gasteiger partial charge in [-0.05, 0) is 23.8 Å². The van der Waals surface area contributed by atoms with Crippen molar-refractivity contribution in [3.8, 4) is 0 Å². The summed E-state index contributed by atoms with van der Waals surface area (Å²) in [4.78, 5) is 17.5. The summed E-state index contributed by atoms with van der Waals surface area (Å²) in [5.41, 5.74) is -0.999. The lowest BCUT2D eigenvalue weighted by Crippen LogP contribution is -2.25. The van der Waals surface area contributed by atoms with Crippen molar-refractivity contribution in [2.45, 2.75) is 25.1 Å². The highest BCUT2D eigenvalue weighted by Gasteiger charge is 2.35. The van der Waals surface area contributed by atoms with E-state index in [9.17, 15) is 31.1 Å². The summed E-state index contributed by atoms with van der Waals surface area (Å²) in [7, 11) is 0. The number of amides is 1. The Hall–Kier alpha value is -3.11. The molecule has 2 aromatic heterocycles. The van der Waals surface area contributed by atoms with Gasteiger partial charge in [0.2, 0.25) is 5.91 Å². The first kappa shape index (κ1) is 19.2. The van der Waals surface area contributed by atoms with Crippen LogP contribution in [0, 0.1) is 17.5 Å². The maximum absolute atomic E-state index is 14.0. The lowest BCUT2D eigenvalue weighted by atomic mass is 9.97. The average Bonchev–Trinajstić information content (AvgIpc) is 3.21. The zero-order valence-corrected chi connectivity index (χ0v) is 14.6. The van der Waals surface area contributed by atoms with Crippen molar-refractivity contribution in [1.82, 2.24) is 19.5 Å². The predicted molar refractivity (Wildman–Crippen MR) is 87.1 cm³/mol. The van der Waals surface area contributed by atoms with Crippen LogP contribution in [0.5, 0.6) is 0 Å². The molecule has 3 heterocycles. The summed E-state index contributed by atoms with van der Waals surface area (Å²) in [6, 6.07) is 3.20. The minimum atomic E-state index is -4.65. The van der Waals surface area contributed by atoms with E-state index >= 15 is 0 Å². The summed E-state index contributed by atoms with van der Waals surface area (Å²) in [6.07, 6.45) is -3.55. The van der Waals surface area contributed by atoms with E-state index in [4.69, 9.17) is 0 Å². The molecule has 0 bridgehead atoms. The second kappa shape index (κ2) is 6.75. The maximum atomic E-state index is 14.0. The molecule has 4 rings (SSSR count). The Balaban J connectivity index is 1.60. The van der Waals surface area contributed by atoms with Crippen molar-refractivity contribution in [3.05, 3.63) is 64.9 Å². The maximum Gasteiger partial charge on any atom is 0.435 e. The highest BCUT2D eigenvalue weighted by atomic mass is 19.4. The van der Waals surface area contributed by atoms with E-state index in [1.807, 2.05) is 0 Å². The average molecular weight is 414 g/mol. The van der Waals surface area contributed by atoms with E-state index in [1.165, 1.54) is 11.1 Å². The molecule has 1 atom stereocenters. The van der Waals surface area contributed by atoms with Gasteiger partial charge in [0.1, 0.15) is 5.82 Å². The van der Waals surface area contributed by atoms with Crippen molar-refractivity contribution in [1.29, 1.82) is 0 Å². The third-order valence-electron chi connectivity index (χ3n) is 4.75. The molecule has 152 valence electrons. The zero-order valence-electron chi connectivity index (χ0n) is 14.6. The third-order valence-corrected chi connectivity index (χ3v) is 4.75. The Morgan fingerprint density at radius 2 is 1.90 bits per heavy atom. The van der Waals surface area contributed by atoms with Gasteiger partial charge < -0.3 is 4.90 Å². The van der Waals surface area contributed by atoms with Crippen molar-refractivity contribution < 1.29 is 31.1 Å². The molecule has 0 saturated carbocycles. The molecule has 1 aliphatic heterocycles. The SMILES string of the molecule is O=C1CC(c2cc(F)cc(F)c2F)CN1Cc1cnc2ccc(C(F)(F)F)nn12. The van der Waals surface area contributed by atoms with Crippen LogP contribution < -0.4 is 0 Å². The topological polar surface area (TPSA) is 50.5 Å². The van der Waals surface area contributed by atoms with Gasteiger partial charge in [0.05, 0.1) is 18.4 Å². The van der Waals surface area contributed by atoms with Gasteiger partial charge in [0.25, 0.3) is 0 Å². The number of carbonyl (C=O) groups excluding carboxylic acids is 1. The first-order chi connectivity index (χ1) is 13.6. The monoisotopic (exact) mass is 414 g/mol. The smallest absolute Gasteiger partial charge is 0.336 e. The van der Waals surface area contributed by atoms with Gasteiger partial charge in [-0.25, -0.2) is 22.7 Å². The first-order valence-corrected chi connectivity index (χ1v) is 8.46. The number of likely N-dealkylation sites (tertiary alicyclic amines) is 1. The quantitative estimate of drug-likeness (QED) is 0.485. The largest absolute Gasteiger partial charge is 0.435 e. The van der Waals surface area contributed by atoms with Crippen LogP contribution in [0.2, 0.25) is 0 Å². The molecule has 1 aromatic carbocycles. The van der Waals surface area contributed by atoms with Gasteiger partial charge in [-0.1, -0.05) is 0 Å². The van der Waals surface area contributed by atoms with E-state index in [2.05, 4.69) is 10.1 Å². The Morgan fingerprint density at radius 1 is 1.14 bits per heavy atom. The first-order valence-electron chi connectivity index (χ1n) is 8.46. The number of halogens is 6. The number of benzene rings is 1. The molecule has 0 N–H and O–H groups in total. The fourth-order valence-electron chi connectivity index (χ4n) is 3.38. The van der Waals surface area contributed by atoms with Gasteiger partial charge in [-0.15, -0.1) is 0 Å². The number of carbonyl (C=O) groups is 1. The fraction of sp³-hybridized carbons (Fsp3) is 0.278. The van der Waals surface area contributed by atoms with Gasteiger partial charge >= 0.3 is 6.18 Å². The van der Waals surface area contributed by atoms with Gasteiger partial charge in [-0.3, -0.25) is 4.79 Å².